The molecule has 1 atom stereocenters. The number of hydrogen-bond donors (Lipinski definition) is 2. The molecule has 33 heavy (non-hydrogen) atoms. The topological polar surface area (TPSA) is 83.4 Å². The lowest BCUT2D eigenvalue weighted by atomic mass is 9.93. The Kier molecular flexibility index (Phi) is 5.14. The number of amides is 3. The first-order valence-corrected chi connectivity index (χ1v) is 10.6. The Bertz CT molecular complexity index is 1380. The first-order valence-electron chi connectivity index (χ1n) is 10.6. The number of carbonyl (C=O) groups excluding carboxylic acids is 3. The van der Waals surface area contributed by atoms with Crippen molar-refractivity contribution >= 4 is 29.1 Å². The SMILES string of the molecule is Cn1c(-c2ccccc2)c(C2c3ccccc3C(=O)N2CC(=O)NNC=O)c2ccccc21. The zero-order chi connectivity index (χ0) is 22.9. The van der Waals surface area contributed by atoms with E-state index in [4.69, 9.17) is 0 Å². The molecule has 1 aromatic heterocycles. The molecule has 3 amide bonds. The van der Waals surface area contributed by atoms with Crippen LogP contribution in [0, 0.1) is 0 Å². The summed E-state index contributed by atoms with van der Waals surface area (Å²) >= 11 is 0. The second kappa shape index (κ2) is 8.27. The maximum atomic E-state index is 13.4. The normalized spacial score (nSPS) is 14.9. The van der Waals surface area contributed by atoms with E-state index in [1.54, 1.807) is 11.0 Å². The lowest BCUT2D eigenvalue weighted by Gasteiger charge is -2.26. The van der Waals surface area contributed by atoms with Crippen molar-refractivity contribution in [3.05, 3.63) is 95.6 Å². The summed E-state index contributed by atoms with van der Waals surface area (Å²) in [6.45, 7) is -0.198. The number of carbonyl (C=O) groups is 3. The average Bonchev–Trinajstić information content (AvgIpc) is 3.29. The maximum Gasteiger partial charge on any atom is 0.258 e. The minimum atomic E-state index is -0.477. The highest BCUT2D eigenvalue weighted by Gasteiger charge is 2.41. The van der Waals surface area contributed by atoms with Crippen LogP contribution in [0.3, 0.4) is 0 Å². The number of nitrogens with zero attached hydrogens (tertiary/aromatic N) is 2. The quantitative estimate of drug-likeness (QED) is 0.358. The van der Waals surface area contributed by atoms with E-state index in [2.05, 4.69) is 27.6 Å². The number of aryl methyl sites for hydroxylation is 1. The van der Waals surface area contributed by atoms with E-state index in [0.29, 0.717) is 12.0 Å². The van der Waals surface area contributed by atoms with Gasteiger partial charge in [-0.25, -0.2) is 0 Å². The Balaban J connectivity index is 1.75. The first-order chi connectivity index (χ1) is 16.1. The molecule has 164 valence electrons. The van der Waals surface area contributed by atoms with E-state index in [1.807, 2.05) is 67.7 Å². The van der Waals surface area contributed by atoms with Gasteiger partial charge in [0.25, 0.3) is 11.8 Å². The van der Waals surface area contributed by atoms with Gasteiger partial charge < -0.3 is 9.47 Å². The predicted octanol–water partition coefficient (Wildman–Crippen LogP) is 3.17. The third-order valence-corrected chi connectivity index (χ3v) is 6.11. The van der Waals surface area contributed by atoms with Crippen LogP contribution in [0.25, 0.3) is 22.2 Å². The van der Waals surface area contributed by atoms with Gasteiger partial charge in [-0.15, -0.1) is 0 Å². The molecule has 0 bridgehead atoms. The number of hydrogen-bond acceptors (Lipinski definition) is 3. The van der Waals surface area contributed by atoms with Crippen LogP contribution in [-0.4, -0.2) is 34.2 Å². The van der Waals surface area contributed by atoms with Crippen LogP contribution < -0.4 is 10.9 Å². The largest absolute Gasteiger partial charge is 0.343 e. The van der Waals surface area contributed by atoms with Crippen molar-refractivity contribution in [3.63, 3.8) is 0 Å². The highest BCUT2D eigenvalue weighted by Crippen LogP contribution is 2.46. The van der Waals surface area contributed by atoms with Crippen molar-refractivity contribution in [2.45, 2.75) is 6.04 Å². The molecule has 0 saturated carbocycles. The Morgan fingerprint density at radius 2 is 1.67 bits per heavy atom. The molecule has 0 aliphatic carbocycles. The van der Waals surface area contributed by atoms with Gasteiger partial charge >= 0.3 is 0 Å². The third-order valence-electron chi connectivity index (χ3n) is 6.11. The zero-order valence-corrected chi connectivity index (χ0v) is 18.0. The zero-order valence-electron chi connectivity index (χ0n) is 18.0. The summed E-state index contributed by atoms with van der Waals surface area (Å²) < 4.78 is 2.14. The van der Waals surface area contributed by atoms with Gasteiger partial charge in [-0.1, -0.05) is 66.7 Å². The fourth-order valence-electron chi connectivity index (χ4n) is 4.79. The minimum Gasteiger partial charge on any atom is -0.343 e. The molecular weight excluding hydrogens is 416 g/mol. The van der Waals surface area contributed by atoms with E-state index in [-0.39, 0.29) is 12.5 Å². The van der Waals surface area contributed by atoms with Gasteiger partial charge in [0, 0.05) is 29.1 Å². The van der Waals surface area contributed by atoms with Gasteiger partial charge in [0.1, 0.15) is 6.54 Å². The van der Waals surface area contributed by atoms with Gasteiger partial charge in [-0.2, -0.15) is 0 Å². The summed E-state index contributed by atoms with van der Waals surface area (Å²) in [7, 11) is 2.02. The molecule has 5 rings (SSSR count). The van der Waals surface area contributed by atoms with Crippen molar-refractivity contribution in [1.29, 1.82) is 0 Å². The number of rotatable bonds is 6. The van der Waals surface area contributed by atoms with Gasteiger partial charge in [0.05, 0.1) is 11.7 Å². The molecule has 0 radical (unpaired) electrons. The van der Waals surface area contributed by atoms with Gasteiger partial charge in [0.2, 0.25) is 6.41 Å². The average molecular weight is 438 g/mol. The highest BCUT2D eigenvalue weighted by molar-refractivity contribution is 6.03. The highest BCUT2D eigenvalue weighted by atomic mass is 16.2. The summed E-state index contributed by atoms with van der Waals surface area (Å²) in [5, 5.41) is 1.02. The minimum absolute atomic E-state index is 0.198. The van der Waals surface area contributed by atoms with Gasteiger partial charge in [0.15, 0.2) is 0 Å². The number of benzene rings is 3. The fourth-order valence-corrected chi connectivity index (χ4v) is 4.79. The van der Waals surface area contributed by atoms with Crippen molar-refractivity contribution < 1.29 is 14.4 Å². The lowest BCUT2D eigenvalue weighted by Crippen LogP contribution is -2.44. The summed E-state index contributed by atoms with van der Waals surface area (Å²) in [5.41, 5.74) is 9.92. The van der Waals surface area contributed by atoms with E-state index in [9.17, 15) is 14.4 Å². The number of para-hydroxylation sites is 1. The van der Waals surface area contributed by atoms with Crippen LogP contribution in [0.4, 0.5) is 0 Å². The number of fused-ring (bicyclic) bond motifs is 2. The molecule has 2 N–H and O–H groups in total. The van der Waals surface area contributed by atoms with Crippen LogP contribution in [0.1, 0.15) is 27.5 Å². The number of nitrogens with one attached hydrogen (secondary N) is 2. The molecule has 2 heterocycles. The van der Waals surface area contributed by atoms with Crippen molar-refractivity contribution in [2.24, 2.45) is 7.05 Å². The van der Waals surface area contributed by atoms with Crippen LogP contribution in [0.15, 0.2) is 78.9 Å². The van der Waals surface area contributed by atoms with Crippen molar-refractivity contribution in [1.82, 2.24) is 20.3 Å². The monoisotopic (exact) mass is 438 g/mol. The van der Waals surface area contributed by atoms with E-state index in [0.717, 1.165) is 33.3 Å². The molecular formula is C26H22N4O3. The lowest BCUT2D eigenvalue weighted by molar-refractivity contribution is -0.125. The molecule has 7 nitrogen and oxygen atoms in total. The predicted molar refractivity (Wildman–Crippen MR) is 125 cm³/mol. The van der Waals surface area contributed by atoms with Crippen LogP contribution in [0.5, 0.6) is 0 Å². The molecule has 1 aliphatic rings. The van der Waals surface area contributed by atoms with Crippen LogP contribution >= 0.6 is 0 Å². The Morgan fingerprint density at radius 1 is 0.970 bits per heavy atom. The van der Waals surface area contributed by atoms with Crippen molar-refractivity contribution in [2.75, 3.05) is 6.54 Å². The van der Waals surface area contributed by atoms with E-state index >= 15 is 0 Å². The third kappa shape index (κ3) is 3.34. The standard InChI is InChI=1S/C26H22N4O3/c1-29-21-14-8-7-13-20(21)23(24(29)17-9-3-2-4-10-17)25-18-11-5-6-12-19(18)26(33)30(25)15-22(32)28-27-16-31/h2-14,16,25H,15H2,1H3,(H,27,31)(H,28,32). The summed E-state index contributed by atoms with van der Waals surface area (Å²) in [5.74, 6) is -0.696. The molecule has 3 aromatic carbocycles. The number of aromatic nitrogens is 1. The molecule has 0 fully saturated rings. The van der Waals surface area contributed by atoms with E-state index in [1.165, 1.54) is 0 Å². The fraction of sp³-hybridized carbons (Fsp3) is 0.115. The molecule has 0 spiro atoms. The van der Waals surface area contributed by atoms with Gasteiger partial charge in [-0.3, -0.25) is 25.2 Å². The van der Waals surface area contributed by atoms with Gasteiger partial charge in [-0.05, 0) is 23.3 Å². The second-order valence-corrected chi connectivity index (χ2v) is 7.94. The summed E-state index contributed by atoms with van der Waals surface area (Å²) in [6, 6.07) is 25.1. The Labute approximate surface area is 190 Å². The maximum absolute atomic E-state index is 13.4. The first kappa shape index (κ1) is 20.5. The van der Waals surface area contributed by atoms with Crippen LogP contribution in [0.2, 0.25) is 0 Å². The second-order valence-electron chi connectivity index (χ2n) is 7.94. The molecule has 7 heteroatoms. The number of hydrazine groups is 1. The Morgan fingerprint density at radius 3 is 2.45 bits per heavy atom. The summed E-state index contributed by atoms with van der Waals surface area (Å²) in [6.07, 6.45) is 0.383. The summed E-state index contributed by atoms with van der Waals surface area (Å²) in [4.78, 5) is 38.1. The Hall–Kier alpha value is -4.39. The smallest absolute Gasteiger partial charge is 0.258 e. The molecule has 1 aliphatic heterocycles. The van der Waals surface area contributed by atoms with Crippen LogP contribution in [-0.2, 0) is 16.6 Å². The van der Waals surface area contributed by atoms with Crippen molar-refractivity contribution in [3.8, 4) is 11.3 Å². The molecule has 0 saturated heterocycles. The molecule has 4 aromatic rings. The molecule has 1 unspecified atom stereocenters. The van der Waals surface area contributed by atoms with E-state index < -0.39 is 11.9 Å².